The van der Waals surface area contributed by atoms with Crippen molar-refractivity contribution in [3.05, 3.63) is 45.8 Å². The first-order chi connectivity index (χ1) is 7.68. The van der Waals surface area contributed by atoms with Crippen molar-refractivity contribution >= 4 is 11.3 Å². The predicted octanol–water partition coefficient (Wildman–Crippen LogP) is 2.11. The van der Waals surface area contributed by atoms with Crippen LogP contribution in [0.25, 0.3) is 5.57 Å². The molecule has 0 bridgehead atoms. The molecule has 0 fully saturated rings. The Balaban J connectivity index is 2.42. The number of nitro benzene ring substituents is 1. The molecule has 0 amide bonds. The first kappa shape index (κ1) is 10.8. The highest BCUT2D eigenvalue weighted by Crippen LogP contribution is 2.26. The van der Waals surface area contributed by atoms with E-state index >= 15 is 0 Å². The van der Waals surface area contributed by atoms with Crippen molar-refractivity contribution in [3.8, 4) is 0 Å². The van der Waals surface area contributed by atoms with Gasteiger partial charge in [-0.2, -0.15) is 0 Å². The Kier molecular flexibility index (Phi) is 2.96. The van der Waals surface area contributed by atoms with E-state index in [2.05, 4.69) is 5.32 Å². The average molecular weight is 222 g/mol. The minimum absolute atomic E-state index is 0.0733. The molecule has 16 heavy (non-hydrogen) atoms. The van der Waals surface area contributed by atoms with E-state index in [-0.39, 0.29) is 5.69 Å². The summed E-state index contributed by atoms with van der Waals surface area (Å²) in [6, 6.07) is 3.63. The van der Waals surface area contributed by atoms with Crippen LogP contribution in [0.2, 0.25) is 0 Å². The number of halogens is 1. The molecule has 5 heteroatoms. The highest BCUT2D eigenvalue weighted by Gasteiger charge is 2.15. The molecule has 1 aliphatic heterocycles. The van der Waals surface area contributed by atoms with E-state index in [9.17, 15) is 14.5 Å². The molecule has 0 spiro atoms. The van der Waals surface area contributed by atoms with E-state index in [1.165, 1.54) is 12.1 Å². The molecule has 1 aromatic carbocycles. The van der Waals surface area contributed by atoms with E-state index in [1.807, 2.05) is 6.08 Å². The monoisotopic (exact) mass is 222 g/mol. The summed E-state index contributed by atoms with van der Waals surface area (Å²) in [5.74, 6) is -0.404. The van der Waals surface area contributed by atoms with Gasteiger partial charge in [-0.1, -0.05) is 6.08 Å². The van der Waals surface area contributed by atoms with Crippen molar-refractivity contribution in [1.29, 1.82) is 0 Å². The Morgan fingerprint density at radius 3 is 2.88 bits per heavy atom. The number of nitrogens with one attached hydrogen (secondary N) is 1. The van der Waals surface area contributed by atoms with Gasteiger partial charge in [0.2, 0.25) is 0 Å². The van der Waals surface area contributed by atoms with Crippen LogP contribution in [0.4, 0.5) is 10.1 Å². The van der Waals surface area contributed by atoms with Gasteiger partial charge in [0.1, 0.15) is 5.82 Å². The molecule has 1 heterocycles. The summed E-state index contributed by atoms with van der Waals surface area (Å²) in [6.07, 6.45) is 2.56. The van der Waals surface area contributed by atoms with E-state index in [1.54, 1.807) is 0 Å². The zero-order chi connectivity index (χ0) is 11.5. The Hall–Kier alpha value is -1.75. The Morgan fingerprint density at radius 1 is 1.44 bits per heavy atom. The number of hydrogen-bond donors (Lipinski definition) is 1. The van der Waals surface area contributed by atoms with Crippen LogP contribution in [0.5, 0.6) is 0 Å². The van der Waals surface area contributed by atoms with Crippen LogP contribution in [0.1, 0.15) is 12.0 Å². The van der Waals surface area contributed by atoms with Crippen LogP contribution < -0.4 is 5.32 Å². The van der Waals surface area contributed by atoms with Gasteiger partial charge in [-0.25, -0.2) is 4.39 Å². The highest BCUT2D eigenvalue weighted by atomic mass is 19.1. The molecule has 84 valence electrons. The van der Waals surface area contributed by atoms with E-state index in [0.717, 1.165) is 18.2 Å². The molecule has 0 radical (unpaired) electrons. The van der Waals surface area contributed by atoms with Gasteiger partial charge < -0.3 is 5.32 Å². The maximum Gasteiger partial charge on any atom is 0.270 e. The fourth-order valence-corrected chi connectivity index (χ4v) is 1.74. The van der Waals surface area contributed by atoms with Crippen LogP contribution in [0, 0.1) is 15.9 Å². The first-order valence-electron chi connectivity index (χ1n) is 5.02. The Labute approximate surface area is 91.9 Å². The topological polar surface area (TPSA) is 55.2 Å². The molecule has 0 atom stereocenters. The van der Waals surface area contributed by atoms with Gasteiger partial charge >= 0.3 is 0 Å². The van der Waals surface area contributed by atoms with Crippen molar-refractivity contribution < 1.29 is 9.31 Å². The van der Waals surface area contributed by atoms with Crippen LogP contribution in [-0.2, 0) is 0 Å². The van der Waals surface area contributed by atoms with Crippen LogP contribution in [0.15, 0.2) is 24.3 Å². The lowest BCUT2D eigenvalue weighted by Crippen LogP contribution is -2.20. The number of benzene rings is 1. The van der Waals surface area contributed by atoms with Crippen molar-refractivity contribution in [2.24, 2.45) is 0 Å². The van der Waals surface area contributed by atoms with Gasteiger partial charge in [-0.15, -0.1) is 0 Å². The summed E-state index contributed by atoms with van der Waals surface area (Å²) in [5.41, 5.74) is 1.10. The van der Waals surface area contributed by atoms with Crippen LogP contribution in [0.3, 0.4) is 0 Å². The summed E-state index contributed by atoms with van der Waals surface area (Å²) in [7, 11) is 0. The van der Waals surface area contributed by atoms with Crippen molar-refractivity contribution in [2.45, 2.75) is 6.42 Å². The molecule has 0 saturated heterocycles. The second kappa shape index (κ2) is 4.40. The zero-order valence-electron chi connectivity index (χ0n) is 8.57. The minimum atomic E-state index is -0.509. The van der Waals surface area contributed by atoms with Crippen molar-refractivity contribution in [1.82, 2.24) is 5.32 Å². The summed E-state index contributed by atoms with van der Waals surface area (Å²) < 4.78 is 13.5. The summed E-state index contributed by atoms with van der Waals surface area (Å²) in [6.45, 7) is 1.45. The standard InChI is InChI=1S/C11H11FN2O2/c12-11-2-1-9(14(15)16)7-10(11)8-3-5-13-6-4-8/h1-3,7,13H,4-6H2. The van der Waals surface area contributed by atoms with Gasteiger partial charge in [0.05, 0.1) is 4.92 Å². The van der Waals surface area contributed by atoms with E-state index in [0.29, 0.717) is 18.5 Å². The molecular formula is C11H11FN2O2. The Morgan fingerprint density at radius 2 is 2.25 bits per heavy atom. The third kappa shape index (κ3) is 2.09. The molecule has 0 saturated carbocycles. The lowest BCUT2D eigenvalue weighted by molar-refractivity contribution is -0.384. The minimum Gasteiger partial charge on any atom is -0.313 e. The number of nitro groups is 1. The lowest BCUT2D eigenvalue weighted by Gasteiger charge is -2.14. The van der Waals surface area contributed by atoms with Crippen LogP contribution in [-0.4, -0.2) is 18.0 Å². The summed E-state index contributed by atoms with van der Waals surface area (Å²) in [4.78, 5) is 10.1. The van der Waals surface area contributed by atoms with Gasteiger partial charge in [0.15, 0.2) is 0 Å². The molecular weight excluding hydrogens is 211 g/mol. The number of nitrogens with zero attached hydrogens (tertiary/aromatic N) is 1. The lowest BCUT2D eigenvalue weighted by atomic mass is 9.99. The molecule has 1 aliphatic rings. The molecule has 1 N–H and O–H groups in total. The SMILES string of the molecule is O=[N+]([O-])c1ccc(F)c(C2=CCNCC2)c1. The maximum absolute atomic E-state index is 13.5. The Bertz CT molecular complexity index is 457. The third-order valence-electron chi connectivity index (χ3n) is 2.57. The molecule has 4 nitrogen and oxygen atoms in total. The fraction of sp³-hybridized carbons (Fsp3) is 0.273. The van der Waals surface area contributed by atoms with E-state index < -0.39 is 10.7 Å². The number of hydrogen-bond acceptors (Lipinski definition) is 3. The van der Waals surface area contributed by atoms with Gasteiger partial charge in [0, 0.05) is 24.2 Å². The fourth-order valence-electron chi connectivity index (χ4n) is 1.74. The van der Waals surface area contributed by atoms with Crippen molar-refractivity contribution in [3.63, 3.8) is 0 Å². The van der Waals surface area contributed by atoms with Gasteiger partial charge in [-0.3, -0.25) is 10.1 Å². The third-order valence-corrected chi connectivity index (χ3v) is 2.57. The van der Waals surface area contributed by atoms with Gasteiger partial charge in [0.25, 0.3) is 5.69 Å². The van der Waals surface area contributed by atoms with Gasteiger partial charge in [-0.05, 0) is 24.6 Å². The summed E-state index contributed by atoms with van der Waals surface area (Å²) >= 11 is 0. The second-order valence-corrected chi connectivity index (χ2v) is 3.60. The second-order valence-electron chi connectivity index (χ2n) is 3.60. The zero-order valence-corrected chi connectivity index (χ0v) is 8.57. The molecule has 0 aliphatic carbocycles. The number of rotatable bonds is 2. The molecule has 2 rings (SSSR count). The van der Waals surface area contributed by atoms with Crippen LogP contribution >= 0.6 is 0 Å². The molecule has 0 unspecified atom stereocenters. The smallest absolute Gasteiger partial charge is 0.270 e. The first-order valence-corrected chi connectivity index (χ1v) is 5.02. The largest absolute Gasteiger partial charge is 0.313 e. The quantitative estimate of drug-likeness (QED) is 0.616. The van der Waals surface area contributed by atoms with E-state index in [4.69, 9.17) is 0 Å². The maximum atomic E-state index is 13.5. The highest BCUT2D eigenvalue weighted by molar-refractivity contribution is 5.68. The normalized spacial score (nSPS) is 15.7. The molecule has 1 aromatic rings. The summed E-state index contributed by atoms with van der Waals surface area (Å²) in [5, 5.41) is 13.7. The average Bonchev–Trinajstić information content (AvgIpc) is 2.30. The molecule has 0 aromatic heterocycles. The number of non-ortho nitro benzene ring substituents is 1. The predicted molar refractivity (Wildman–Crippen MR) is 58.5 cm³/mol. The van der Waals surface area contributed by atoms with Crippen molar-refractivity contribution in [2.75, 3.05) is 13.1 Å².